The van der Waals surface area contributed by atoms with Gasteiger partial charge < -0.3 is 15.7 Å². The number of carboxylic acid groups (broad SMARTS) is 1. The first-order chi connectivity index (χ1) is 7.61. The van der Waals surface area contributed by atoms with E-state index in [2.05, 4.69) is 16.6 Å². The summed E-state index contributed by atoms with van der Waals surface area (Å²) in [4.78, 5) is 22.0. The first-order valence-corrected chi connectivity index (χ1v) is 5.32. The Kier molecular flexibility index (Phi) is 7.68. The predicted molar refractivity (Wildman–Crippen MR) is 60.9 cm³/mol. The third-order valence-electron chi connectivity index (χ3n) is 1.96. The molecule has 16 heavy (non-hydrogen) atoms. The number of rotatable bonds is 7. The van der Waals surface area contributed by atoms with Crippen molar-refractivity contribution in [2.45, 2.75) is 38.6 Å². The Morgan fingerprint density at radius 1 is 1.50 bits per heavy atom. The second kappa shape index (κ2) is 8.60. The van der Waals surface area contributed by atoms with Crippen molar-refractivity contribution in [3.8, 4) is 12.3 Å². The average Bonchev–Trinajstić information content (AvgIpc) is 2.23. The highest BCUT2D eigenvalue weighted by Crippen LogP contribution is 1.96. The molecular weight excluding hydrogens is 208 g/mol. The Morgan fingerprint density at radius 3 is 2.69 bits per heavy atom. The minimum absolute atomic E-state index is 0.424. The van der Waals surface area contributed by atoms with Gasteiger partial charge in [-0.05, 0) is 12.8 Å². The van der Waals surface area contributed by atoms with Crippen LogP contribution in [0.4, 0.5) is 4.79 Å². The predicted octanol–water partition coefficient (Wildman–Crippen LogP) is 0.952. The van der Waals surface area contributed by atoms with Gasteiger partial charge in [-0.3, -0.25) is 0 Å². The van der Waals surface area contributed by atoms with Crippen LogP contribution in [0.1, 0.15) is 32.6 Å². The van der Waals surface area contributed by atoms with Crippen molar-refractivity contribution in [1.82, 2.24) is 10.6 Å². The summed E-state index contributed by atoms with van der Waals surface area (Å²) >= 11 is 0. The number of unbranched alkanes of at least 4 members (excludes halogenated alkanes) is 1. The van der Waals surface area contributed by atoms with Gasteiger partial charge in [-0.25, -0.2) is 9.59 Å². The number of urea groups is 1. The SMILES string of the molecule is C#CCCCNC(=O)N[C@H](CCC)C(=O)O. The van der Waals surface area contributed by atoms with Crippen molar-refractivity contribution < 1.29 is 14.7 Å². The third-order valence-corrected chi connectivity index (χ3v) is 1.96. The van der Waals surface area contributed by atoms with Gasteiger partial charge in [-0.15, -0.1) is 12.3 Å². The lowest BCUT2D eigenvalue weighted by molar-refractivity contribution is -0.139. The smallest absolute Gasteiger partial charge is 0.326 e. The Hall–Kier alpha value is -1.70. The molecule has 0 aromatic carbocycles. The molecule has 0 aliphatic carbocycles. The lowest BCUT2D eigenvalue weighted by Crippen LogP contribution is -2.46. The summed E-state index contributed by atoms with van der Waals surface area (Å²) in [7, 11) is 0. The molecule has 0 saturated carbocycles. The van der Waals surface area contributed by atoms with E-state index in [0.29, 0.717) is 32.2 Å². The van der Waals surface area contributed by atoms with Gasteiger partial charge in [0, 0.05) is 13.0 Å². The van der Waals surface area contributed by atoms with Crippen LogP contribution in [0.5, 0.6) is 0 Å². The second-order valence-corrected chi connectivity index (χ2v) is 3.39. The van der Waals surface area contributed by atoms with Gasteiger partial charge in [0.05, 0.1) is 0 Å². The van der Waals surface area contributed by atoms with Crippen LogP contribution in [0.2, 0.25) is 0 Å². The Labute approximate surface area is 95.6 Å². The van der Waals surface area contributed by atoms with Gasteiger partial charge in [-0.2, -0.15) is 0 Å². The first kappa shape index (κ1) is 14.3. The molecule has 0 aromatic rings. The van der Waals surface area contributed by atoms with Crippen LogP contribution >= 0.6 is 0 Å². The number of terminal acetylenes is 1. The molecule has 0 saturated heterocycles. The highest BCUT2D eigenvalue weighted by Gasteiger charge is 2.17. The highest BCUT2D eigenvalue weighted by molar-refractivity contribution is 5.82. The molecule has 0 rings (SSSR count). The summed E-state index contributed by atoms with van der Waals surface area (Å²) < 4.78 is 0. The molecule has 0 bridgehead atoms. The standard InChI is InChI=1S/C11H18N2O3/c1-3-5-6-8-12-11(16)13-9(7-4-2)10(14)15/h1,9H,4-8H2,2H3,(H,14,15)(H2,12,13,16)/t9-/m1/s1. The normalized spacial score (nSPS) is 11.2. The highest BCUT2D eigenvalue weighted by atomic mass is 16.4. The molecule has 0 heterocycles. The summed E-state index contributed by atoms with van der Waals surface area (Å²) in [6.07, 6.45) is 7.46. The summed E-state index contributed by atoms with van der Waals surface area (Å²) in [5.41, 5.74) is 0. The number of amides is 2. The van der Waals surface area contributed by atoms with Crippen molar-refractivity contribution in [2.24, 2.45) is 0 Å². The van der Waals surface area contributed by atoms with E-state index < -0.39 is 18.0 Å². The summed E-state index contributed by atoms with van der Waals surface area (Å²) in [6, 6.07) is -1.28. The Morgan fingerprint density at radius 2 is 2.19 bits per heavy atom. The number of carbonyl (C=O) groups is 2. The fourth-order valence-electron chi connectivity index (χ4n) is 1.15. The molecule has 0 spiro atoms. The number of nitrogens with one attached hydrogen (secondary N) is 2. The van der Waals surface area contributed by atoms with E-state index in [4.69, 9.17) is 11.5 Å². The molecule has 5 nitrogen and oxygen atoms in total. The van der Waals surface area contributed by atoms with Crippen molar-refractivity contribution in [3.05, 3.63) is 0 Å². The monoisotopic (exact) mass is 226 g/mol. The van der Waals surface area contributed by atoms with E-state index in [0.717, 1.165) is 0 Å². The molecular formula is C11H18N2O3. The van der Waals surface area contributed by atoms with Crippen molar-refractivity contribution in [1.29, 1.82) is 0 Å². The second-order valence-electron chi connectivity index (χ2n) is 3.39. The maximum atomic E-state index is 11.3. The fraction of sp³-hybridized carbons (Fsp3) is 0.636. The molecule has 0 unspecified atom stereocenters. The van der Waals surface area contributed by atoms with E-state index in [-0.39, 0.29) is 0 Å². The van der Waals surface area contributed by atoms with E-state index in [9.17, 15) is 9.59 Å². The van der Waals surface area contributed by atoms with E-state index in [1.54, 1.807) is 0 Å². The minimum Gasteiger partial charge on any atom is -0.480 e. The van der Waals surface area contributed by atoms with E-state index >= 15 is 0 Å². The van der Waals surface area contributed by atoms with Crippen LogP contribution < -0.4 is 10.6 Å². The van der Waals surface area contributed by atoms with Crippen LogP contribution in [-0.2, 0) is 4.79 Å². The molecule has 0 aliphatic rings. The Bertz CT molecular complexity index is 271. The van der Waals surface area contributed by atoms with Gasteiger partial charge >= 0.3 is 12.0 Å². The average molecular weight is 226 g/mol. The molecule has 3 N–H and O–H groups in total. The molecule has 2 amide bonds. The zero-order valence-electron chi connectivity index (χ0n) is 9.45. The van der Waals surface area contributed by atoms with Gasteiger partial charge in [0.1, 0.15) is 6.04 Å². The molecule has 0 aliphatic heterocycles. The van der Waals surface area contributed by atoms with E-state index in [1.165, 1.54) is 0 Å². The minimum atomic E-state index is -1.01. The number of aliphatic carboxylic acids is 1. The van der Waals surface area contributed by atoms with Crippen molar-refractivity contribution in [2.75, 3.05) is 6.54 Å². The zero-order valence-corrected chi connectivity index (χ0v) is 9.45. The van der Waals surface area contributed by atoms with Crippen LogP contribution in [0.3, 0.4) is 0 Å². The van der Waals surface area contributed by atoms with Crippen molar-refractivity contribution in [3.63, 3.8) is 0 Å². The number of hydrogen-bond acceptors (Lipinski definition) is 2. The van der Waals surface area contributed by atoms with Gasteiger partial charge in [0.2, 0.25) is 0 Å². The maximum absolute atomic E-state index is 11.3. The zero-order chi connectivity index (χ0) is 12.4. The fourth-order valence-corrected chi connectivity index (χ4v) is 1.15. The quantitative estimate of drug-likeness (QED) is 0.447. The molecule has 0 aromatic heterocycles. The third kappa shape index (κ3) is 6.71. The number of carboxylic acids is 1. The topological polar surface area (TPSA) is 78.4 Å². The van der Waals surface area contributed by atoms with Gasteiger partial charge in [0.25, 0.3) is 0 Å². The van der Waals surface area contributed by atoms with E-state index in [1.807, 2.05) is 6.92 Å². The van der Waals surface area contributed by atoms with Crippen LogP contribution in [0.25, 0.3) is 0 Å². The van der Waals surface area contributed by atoms with Crippen molar-refractivity contribution >= 4 is 12.0 Å². The summed E-state index contributed by atoms with van der Waals surface area (Å²) in [5, 5.41) is 13.7. The molecule has 5 heteroatoms. The largest absolute Gasteiger partial charge is 0.480 e. The molecule has 0 radical (unpaired) electrons. The maximum Gasteiger partial charge on any atom is 0.326 e. The number of carbonyl (C=O) groups excluding carboxylic acids is 1. The molecule has 1 atom stereocenters. The molecule has 90 valence electrons. The van der Waals surface area contributed by atoms with Crippen LogP contribution in [-0.4, -0.2) is 29.7 Å². The van der Waals surface area contributed by atoms with Crippen LogP contribution in [0, 0.1) is 12.3 Å². The summed E-state index contributed by atoms with van der Waals surface area (Å²) in [6.45, 7) is 2.32. The Balaban J connectivity index is 3.83. The number of hydrogen-bond donors (Lipinski definition) is 3. The lowest BCUT2D eigenvalue weighted by Gasteiger charge is -2.13. The first-order valence-electron chi connectivity index (χ1n) is 5.32. The molecule has 0 fully saturated rings. The van der Waals surface area contributed by atoms with Gasteiger partial charge in [0.15, 0.2) is 0 Å². The van der Waals surface area contributed by atoms with Crippen LogP contribution in [0.15, 0.2) is 0 Å². The van der Waals surface area contributed by atoms with Gasteiger partial charge in [-0.1, -0.05) is 13.3 Å². The summed E-state index contributed by atoms with van der Waals surface area (Å²) in [5.74, 6) is 1.44. The lowest BCUT2D eigenvalue weighted by atomic mass is 10.2.